The van der Waals surface area contributed by atoms with E-state index in [4.69, 9.17) is 5.73 Å². The predicted molar refractivity (Wildman–Crippen MR) is 87.8 cm³/mol. The molecular formula is C17H23N5O. The fourth-order valence-electron chi connectivity index (χ4n) is 3.08. The van der Waals surface area contributed by atoms with Crippen molar-refractivity contribution in [2.24, 2.45) is 11.7 Å². The average molecular weight is 313 g/mol. The van der Waals surface area contributed by atoms with Crippen molar-refractivity contribution in [3.63, 3.8) is 0 Å². The maximum atomic E-state index is 12.3. The molecule has 2 N–H and O–H groups in total. The Hall–Kier alpha value is -2.21. The lowest BCUT2D eigenvalue weighted by Crippen LogP contribution is -2.32. The highest BCUT2D eigenvalue weighted by Crippen LogP contribution is 2.27. The molecule has 2 atom stereocenters. The molecule has 1 fully saturated rings. The fourth-order valence-corrected chi connectivity index (χ4v) is 3.08. The van der Waals surface area contributed by atoms with E-state index in [0.29, 0.717) is 18.9 Å². The number of nitrogens with zero attached hydrogens (tertiary/aromatic N) is 4. The van der Waals surface area contributed by atoms with Crippen molar-refractivity contribution in [2.45, 2.75) is 38.3 Å². The molecular weight excluding hydrogens is 290 g/mol. The first-order valence-electron chi connectivity index (χ1n) is 8.09. The van der Waals surface area contributed by atoms with Crippen molar-refractivity contribution in [3.8, 4) is 5.69 Å². The number of nitrogens with two attached hydrogens (primary N) is 1. The van der Waals surface area contributed by atoms with Gasteiger partial charge in [-0.3, -0.25) is 4.79 Å². The third-order valence-corrected chi connectivity index (χ3v) is 4.51. The molecule has 1 aliphatic carbocycles. The summed E-state index contributed by atoms with van der Waals surface area (Å²) in [6, 6.07) is 9.90. The summed E-state index contributed by atoms with van der Waals surface area (Å²) < 4.78 is 0. The van der Waals surface area contributed by atoms with Gasteiger partial charge in [0.05, 0.1) is 18.4 Å². The third kappa shape index (κ3) is 3.76. The van der Waals surface area contributed by atoms with Gasteiger partial charge in [-0.15, -0.1) is 0 Å². The fraction of sp³-hybridized carbons (Fsp3) is 0.471. The van der Waals surface area contributed by atoms with Crippen LogP contribution < -0.4 is 5.73 Å². The van der Waals surface area contributed by atoms with Crippen LogP contribution in [-0.2, 0) is 11.3 Å². The van der Waals surface area contributed by atoms with Crippen LogP contribution >= 0.6 is 0 Å². The topological polar surface area (TPSA) is 77.0 Å². The second-order valence-electron chi connectivity index (χ2n) is 6.27. The largest absolute Gasteiger partial charge is 0.340 e. The number of carbonyl (C=O) groups excluding carboxylic acids is 1. The van der Waals surface area contributed by atoms with Crippen molar-refractivity contribution < 1.29 is 4.79 Å². The molecule has 6 heteroatoms. The molecule has 6 nitrogen and oxygen atoms in total. The number of aromatic nitrogens is 3. The monoisotopic (exact) mass is 313 g/mol. The van der Waals surface area contributed by atoms with E-state index in [-0.39, 0.29) is 11.9 Å². The van der Waals surface area contributed by atoms with E-state index < -0.39 is 0 Å². The molecule has 0 spiro atoms. The molecule has 122 valence electrons. The number of benzene rings is 1. The number of amides is 1. The SMILES string of the molecule is CN(Cc1cnn(-c2ccccc2)n1)C(=O)C[C@@H]1CCC[C@H]1N. The number of rotatable bonds is 5. The van der Waals surface area contributed by atoms with Crippen molar-refractivity contribution in [1.29, 1.82) is 0 Å². The maximum Gasteiger partial charge on any atom is 0.223 e. The molecule has 0 saturated heterocycles. The van der Waals surface area contributed by atoms with Crippen LogP contribution in [0.15, 0.2) is 36.5 Å². The summed E-state index contributed by atoms with van der Waals surface area (Å²) in [5.74, 6) is 0.451. The summed E-state index contributed by atoms with van der Waals surface area (Å²) in [6.07, 6.45) is 5.47. The molecule has 0 bridgehead atoms. The van der Waals surface area contributed by atoms with Gasteiger partial charge in [-0.25, -0.2) is 0 Å². The van der Waals surface area contributed by atoms with Gasteiger partial charge in [-0.05, 0) is 30.9 Å². The van der Waals surface area contributed by atoms with Crippen LogP contribution in [0.2, 0.25) is 0 Å². The standard InChI is InChI=1S/C17H23N5O/c1-21(17(23)10-13-6-5-9-16(13)18)12-14-11-19-22(20-14)15-7-3-2-4-8-15/h2-4,7-8,11,13,16H,5-6,9-10,12,18H2,1H3/t13-,16+/m0/s1. The highest BCUT2D eigenvalue weighted by molar-refractivity contribution is 5.76. The molecule has 1 amide bonds. The molecule has 1 heterocycles. The Bertz CT molecular complexity index is 654. The predicted octanol–water partition coefficient (Wildman–Crippen LogP) is 1.74. The summed E-state index contributed by atoms with van der Waals surface area (Å²) in [6.45, 7) is 0.466. The van der Waals surface area contributed by atoms with E-state index in [1.54, 1.807) is 15.9 Å². The second-order valence-corrected chi connectivity index (χ2v) is 6.27. The van der Waals surface area contributed by atoms with Crippen LogP contribution in [0.1, 0.15) is 31.4 Å². The van der Waals surface area contributed by atoms with Gasteiger partial charge < -0.3 is 10.6 Å². The summed E-state index contributed by atoms with van der Waals surface area (Å²) in [5, 5.41) is 8.70. The van der Waals surface area contributed by atoms with Gasteiger partial charge in [0.15, 0.2) is 0 Å². The maximum absolute atomic E-state index is 12.3. The van der Waals surface area contributed by atoms with E-state index in [1.165, 1.54) is 0 Å². The van der Waals surface area contributed by atoms with E-state index in [0.717, 1.165) is 30.6 Å². The molecule has 23 heavy (non-hydrogen) atoms. The Labute approximate surface area is 136 Å². The Kier molecular flexibility index (Phi) is 4.71. The van der Waals surface area contributed by atoms with Crippen molar-refractivity contribution in [2.75, 3.05) is 7.05 Å². The minimum absolute atomic E-state index is 0.126. The molecule has 0 unspecified atom stereocenters. The smallest absolute Gasteiger partial charge is 0.223 e. The van der Waals surface area contributed by atoms with E-state index in [1.807, 2.05) is 37.4 Å². The lowest BCUT2D eigenvalue weighted by atomic mass is 9.99. The molecule has 1 aromatic carbocycles. The minimum Gasteiger partial charge on any atom is -0.340 e. The zero-order valence-corrected chi connectivity index (χ0v) is 13.4. The first-order chi connectivity index (χ1) is 11.1. The Morgan fingerprint density at radius 1 is 1.35 bits per heavy atom. The Morgan fingerprint density at radius 3 is 2.83 bits per heavy atom. The average Bonchev–Trinajstić information content (AvgIpc) is 3.18. The molecule has 3 rings (SSSR count). The highest BCUT2D eigenvalue weighted by atomic mass is 16.2. The normalized spacial score (nSPS) is 20.6. The van der Waals surface area contributed by atoms with E-state index in [9.17, 15) is 4.79 Å². The molecule has 0 radical (unpaired) electrons. The van der Waals surface area contributed by atoms with Gasteiger partial charge in [0.2, 0.25) is 5.91 Å². The number of carbonyl (C=O) groups is 1. The van der Waals surface area contributed by atoms with Crippen LogP contribution in [0, 0.1) is 5.92 Å². The highest BCUT2D eigenvalue weighted by Gasteiger charge is 2.27. The van der Waals surface area contributed by atoms with Crippen LogP contribution in [0.3, 0.4) is 0 Å². The Morgan fingerprint density at radius 2 is 2.13 bits per heavy atom. The lowest BCUT2D eigenvalue weighted by molar-refractivity contribution is -0.131. The van der Waals surface area contributed by atoms with E-state index >= 15 is 0 Å². The summed E-state index contributed by atoms with van der Waals surface area (Å²) in [4.78, 5) is 15.6. The second kappa shape index (κ2) is 6.91. The molecule has 1 aliphatic rings. The zero-order chi connectivity index (χ0) is 16.2. The van der Waals surface area contributed by atoms with Crippen molar-refractivity contribution in [1.82, 2.24) is 19.9 Å². The van der Waals surface area contributed by atoms with Crippen LogP contribution in [0.5, 0.6) is 0 Å². The van der Waals surface area contributed by atoms with Crippen molar-refractivity contribution in [3.05, 3.63) is 42.2 Å². The molecule has 1 saturated carbocycles. The zero-order valence-electron chi connectivity index (χ0n) is 13.4. The minimum atomic E-state index is 0.126. The Balaban J connectivity index is 1.58. The van der Waals surface area contributed by atoms with Crippen LogP contribution in [-0.4, -0.2) is 38.9 Å². The number of para-hydroxylation sites is 1. The summed E-state index contributed by atoms with van der Waals surface area (Å²) in [7, 11) is 1.81. The molecule has 1 aromatic heterocycles. The first-order valence-corrected chi connectivity index (χ1v) is 8.09. The van der Waals surface area contributed by atoms with Crippen molar-refractivity contribution >= 4 is 5.91 Å². The lowest BCUT2D eigenvalue weighted by Gasteiger charge is -2.20. The van der Waals surface area contributed by atoms with Gasteiger partial charge in [0.25, 0.3) is 0 Å². The van der Waals surface area contributed by atoms with E-state index in [2.05, 4.69) is 10.2 Å². The molecule has 2 aromatic rings. The van der Waals surface area contributed by atoms with Gasteiger partial charge >= 0.3 is 0 Å². The van der Waals surface area contributed by atoms with Gasteiger partial charge in [-0.1, -0.05) is 24.6 Å². The first kappa shape index (κ1) is 15.7. The van der Waals surface area contributed by atoms with Gasteiger partial charge in [-0.2, -0.15) is 15.0 Å². The summed E-state index contributed by atoms with van der Waals surface area (Å²) in [5.41, 5.74) is 7.74. The number of hydrogen-bond acceptors (Lipinski definition) is 4. The van der Waals surface area contributed by atoms with Gasteiger partial charge in [0.1, 0.15) is 5.69 Å². The third-order valence-electron chi connectivity index (χ3n) is 4.51. The quantitative estimate of drug-likeness (QED) is 0.912. The van der Waals surface area contributed by atoms with Gasteiger partial charge in [0, 0.05) is 19.5 Å². The number of hydrogen-bond donors (Lipinski definition) is 1. The van der Waals surface area contributed by atoms with Crippen LogP contribution in [0.4, 0.5) is 0 Å². The van der Waals surface area contributed by atoms with Crippen LogP contribution in [0.25, 0.3) is 5.69 Å². The molecule has 0 aliphatic heterocycles. The summed E-state index contributed by atoms with van der Waals surface area (Å²) >= 11 is 0.